The molecule has 1 atom stereocenters. The van der Waals surface area contributed by atoms with E-state index in [1.807, 2.05) is 13.1 Å². The molecule has 3 nitrogen and oxygen atoms in total. The molecular weight excluding hydrogens is 162 g/mol. The minimum atomic E-state index is 0.271. The van der Waals surface area contributed by atoms with Crippen molar-refractivity contribution >= 4 is 0 Å². The molecule has 0 aromatic carbocycles. The van der Waals surface area contributed by atoms with Gasteiger partial charge >= 0.3 is 0 Å². The first kappa shape index (κ1) is 10.1. The molecule has 72 valence electrons. The molecule has 1 rings (SSSR count). The minimum absolute atomic E-state index is 0.271. The summed E-state index contributed by atoms with van der Waals surface area (Å²) in [6.45, 7) is 8.28. The van der Waals surface area contributed by atoms with E-state index in [1.165, 1.54) is 0 Å². The van der Waals surface area contributed by atoms with E-state index in [4.69, 9.17) is 0 Å². The number of rotatable bonds is 3. The van der Waals surface area contributed by atoms with Crippen LogP contribution in [-0.2, 0) is 0 Å². The molecule has 1 aromatic rings. The fraction of sp³-hybridized carbons (Fsp3) is 0.600. The molecule has 1 unspecified atom stereocenters. The van der Waals surface area contributed by atoms with Crippen molar-refractivity contribution in [1.29, 1.82) is 0 Å². The molecule has 1 heterocycles. The lowest BCUT2D eigenvalue weighted by atomic mass is 10.2. The maximum atomic E-state index is 4.31. The molecule has 3 heteroatoms. The van der Waals surface area contributed by atoms with E-state index in [9.17, 15) is 0 Å². The Morgan fingerprint density at radius 3 is 2.31 bits per heavy atom. The molecule has 0 fully saturated rings. The van der Waals surface area contributed by atoms with Crippen LogP contribution in [0, 0.1) is 6.92 Å². The van der Waals surface area contributed by atoms with E-state index in [2.05, 4.69) is 36.1 Å². The molecule has 0 bridgehead atoms. The van der Waals surface area contributed by atoms with Gasteiger partial charge in [0.1, 0.15) is 0 Å². The smallest absolute Gasteiger partial charge is 0.0753 e. The lowest BCUT2D eigenvalue weighted by Gasteiger charge is -2.15. The maximum Gasteiger partial charge on any atom is 0.0753 e. The molecule has 0 aliphatic rings. The number of hydrogen-bond donors (Lipinski definition) is 1. The highest BCUT2D eigenvalue weighted by atomic mass is 15.0. The van der Waals surface area contributed by atoms with Crippen molar-refractivity contribution in [2.75, 3.05) is 0 Å². The van der Waals surface area contributed by atoms with Crippen LogP contribution in [0.2, 0.25) is 0 Å². The summed E-state index contributed by atoms with van der Waals surface area (Å²) in [6, 6.07) is 0.742. The summed E-state index contributed by atoms with van der Waals surface area (Å²) in [4.78, 5) is 8.51. The van der Waals surface area contributed by atoms with Crippen LogP contribution in [0.15, 0.2) is 12.4 Å². The van der Waals surface area contributed by atoms with Crippen LogP contribution in [0.5, 0.6) is 0 Å². The molecule has 1 N–H and O–H groups in total. The van der Waals surface area contributed by atoms with Crippen LogP contribution in [0.1, 0.15) is 38.2 Å². The second-order valence-corrected chi connectivity index (χ2v) is 3.63. The SMILES string of the molecule is Cc1cnc(C(C)NC(C)C)cn1. The van der Waals surface area contributed by atoms with Gasteiger partial charge in [-0.25, -0.2) is 0 Å². The molecule has 0 radical (unpaired) electrons. The van der Waals surface area contributed by atoms with Gasteiger partial charge in [0, 0.05) is 18.3 Å². The Morgan fingerprint density at radius 1 is 1.15 bits per heavy atom. The van der Waals surface area contributed by atoms with Crippen molar-refractivity contribution < 1.29 is 0 Å². The van der Waals surface area contributed by atoms with Gasteiger partial charge in [-0.2, -0.15) is 0 Å². The van der Waals surface area contributed by atoms with Crippen LogP contribution >= 0.6 is 0 Å². The zero-order valence-electron chi connectivity index (χ0n) is 8.70. The summed E-state index contributed by atoms with van der Waals surface area (Å²) in [5.74, 6) is 0. The van der Waals surface area contributed by atoms with Crippen molar-refractivity contribution in [3.63, 3.8) is 0 Å². The fourth-order valence-electron chi connectivity index (χ4n) is 1.21. The average molecular weight is 179 g/mol. The third-order valence-electron chi connectivity index (χ3n) is 1.83. The highest BCUT2D eigenvalue weighted by Gasteiger charge is 2.07. The van der Waals surface area contributed by atoms with Crippen molar-refractivity contribution in [1.82, 2.24) is 15.3 Å². The van der Waals surface area contributed by atoms with Crippen LogP contribution in [-0.4, -0.2) is 16.0 Å². The summed E-state index contributed by atoms with van der Waals surface area (Å²) in [7, 11) is 0. The summed E-state index contributed by atoms with van der Waals surface area (Å²) < 4.78 is 0. The predicted molar refractivity (Wildman–Crippen MR) is 53.5 cm³/mol. The molecule has 0 spiro atoms. The molecule has 0 saturated heterocycles. The molecule has 0 saturated carbocycles. The Labute approximate surface area is 79.6 Å². The molecular formula is C10H17N3. The van der Waals surface area contributed by atoms with Gasteiger partial charge in [0.15, 0.2) is 0 Å². The zero-order valence-corrected chi connectivity index (χ0v) is 8.70. The number of hydrogen-bond acceptors (Lipinski definition) is 3. The molecule has 1 aromatic heterocycles. The molecule has 13 heavy (non-hydrogen) atoms. The summed E-state index contributed by atoms with van der Waals surface area (Å²) in [5, 5.41) is 3.38. The lowest BCUT2D eigenvalue weighted by Crippen LogP contribution is -2.26. The summed E-state index contributed by atoms with van der Waals surface area (Å²) in [6.07, 6.45) is 3.63. The Bertz CT molecular complexity index is 253. The highest BCUT2D eigenvalue weighted by molar-refractivity contribution is 5.04. The second-order valence-electron chi connectivity index (χ2n) is 3.63. The van der Waals surface area contributed by atoms with Crippen LogP contribution in [0.4, 0.5) is 0 Å². The van der Waals surface area contributed by atoms with Crippen molar-refractivity contribution in [3.8, 4) is 0 Å². The lowest BCUT2D eigenvalue weighted by molar-refractivity contribution is 0.496. The zero-order chi connectivity index (χ0) is 9.84. The molecule has 0 aliphatic carbocycles. The van der Waals surface area contributed by atoms with Gasteiger partial charge in [0.25, 0.3) is 0 Å². The average Bonchev–Trinajstić information content (AvgIpc) is 2.04. The van der Waals surface area contributed by atoms with Crippen molar-refractivity contribution in [2.45, 2.75) is 39.8 Å². The minimum Gasteiger partial charge on any atom is -0.307 e. The van der Waals surface area contributed by atoms with Gasteiger partial charge in [-0.15, -0.1) is 0 Å². The summed E-state index contributed by atoms with van der Waals surface area (Å²) >= 11 is 0. The van der Waals surface area contributed by atoms with Gasteiger partial charge < -0.3 is 5.32 Å². The first-order valence-corrected chi connectivity index (χ1v) is 4.64. The van der Waals surface area contributed by atoms with Crippen LogP contribution in [0.3, 0.4) is 0 Å². The van der Waals surface area contributed by atoms with E-state index < -0.39 is 0 Å². The quantitative estimate of drug-likeness (QED) is 0.769. The van der Waals surface area contributed by atoms with Gasteiger partial charge in [-0.3, -0.25) is 9.97 Å². The predicted octanol–water partition coefficient (Wildman–Crippen LogP) is 1.84. The Balaban J connectivity index is 2.66. The summed E-state index contributed by atoms with van der Waals surface area (Å²) in [5.41, 5.74) is 1.96. The van der Waals surface area contributed by atoms with E-state index in [-0.39, 0.29) is 6.04 Å². The first-order valence-electron chi connectivity index (χ1n) is 4.64. The van der Waals surface area contributed by atoms with Gasteiger partial charge in [-0.1, -0.05) is 13.8 Å². The van der Waals surface area contributed by atoms with E-state index in [0.29, 0.717) is 6.04 Å². The van der Waals surface area contributed by atoms with E-state index in [0.717, 1.165) is 11.4 Å². The number of nitrogens with zero attached hydrogens (tertiary/aromatic N) is 2. The Morgan fingerprint density at radius 2 is 1.85 bits per heavy atom. The number of aromatic nitrogens is 2. The normalized spacial score (nSPS) is 13.3. The fourth-order valence-corrected chi connectivity index (χ4v) is 1.21. The highest BCUT2D eigenvalue weighted by Crippen LogP contribution is 2.08. The first-order chi connectivity index (χ1) is 6.09. The van der Waals surface area contributed by atoms with Gasteiger partial charge in [0.2, 0.25) is 0 Å². The van der Waals surface area contributed by atoms with Crippen LogP contribution in [0.25, 0.3) is 0 Å². The monoisotopic (exact) mass is 179 g/mol. The van der Waals surface area contributed by atoms with Crippen molar-refractivity contribution in [3.05, 3.63) is 23.8 Å². The third kappa shape index (κ3) is 3.11. The second kappa shape index (κ2) is 4.33. The standard InChI is InChI=1S/C10H17N3/c1-7(2)13-9(4)10-6-11-8(3)5-12-10/h5-7,9,13H,1-4H3. The van der Waals surface area contributed by atoms with E-state index in [1.54, 1.807) is 6.20 Å². The van der Waals surface area contributed by atoms with Gasteiger partial charge in [-0.05, 0) is 13.8 Å². The van der Waals surface area contributed by atoms with E-state index >= 15 is 0 Å². The third-order valence-corrected chi connectivity index (χ3v) is 1.83. The maximum absolute atomic E-state index is 4.31. The number of nitrogens with one attached hydrogen (secondary N) is 1. The molecule has 0 aliphatic heterocycles. The topological polar surface area (TPSA) is 37.8 Å². The van der Waals surface area contributed by atoms with Crippen molar-refractivity contribution in [2.24, 2.45) is 0 Å². The van der Waals surface area contributed by atoms with Gasteiger partial charge in [0.05, 0.1) is 17.6 Å². The Kier molecular flexibility index (Phi) is 3.37. The number of aryl methyl sites for hydroxylation is 1. The molecule has 0 amide bonds. The van der Waals surface area contributed by atoms with Crippen LogP contribution < -0.4 is 5.32 Å². The Hall–Kier alpha value is -0.960. The largest absolute Gasteiger partial charge is 0.307 e.